The highest BCUT2D eigenvalue weighted by molar-refractivity contribution is 7.89. The summed E-state index contributed by atoms with van der Waals surface area (Å²) in [5.74, 6) is 0.559. The van der Waals surface area contributed by atoms with Gasteiger partial charge in [-0.15, -0.1) is 0 Å². The minimum atomic E-state index is -3.52. The number of nitrogens with one attached hydrogen (secondary N) is 3. The molecule has 0 radical (unpaired) electrons. The summed E-state index contributed by atoms with van der Waals surface area (Å²) in [6.07, 6.45) is 3.54. The Morgan fingerprint density at radius 3 is 2.89 bits per heavy atom. The monoisotopic (exact) mass is 284 g/mol. The smallest absolute Gasteiger partial charge is 0.273 e. The molecule has 2 aromatic heterocycles. The molecule has 104 valence electrons. The molecule has 0 aliphatic heterocycles. The summed E-state index contributed by atoms with van der Waals surface area (Å²) in [5.41, 5.74) is 1.02. The molecule has 19 heavy (non-hydrogen) atoms. The van der Waals surface area contributed by atoms with Crippen LogP contribution in [0.15, 0.2) is 34.0 Å². The molecule has 2 rings (SSSR count). The highest BCUT2D eigenvalue weighted by atomic mass is 32.2. The number of aromatic amines is 1. The Morgan fingerprint density at radius 1 is 1.47 bits per heavy atom. The van der Waals surface area contributed by atoms with E-state index >= 15 is 0 Å². The first kappa shape index (κ1) is 13.8. The number of rotatable bonds is 6. The van der Waals surface area contributed by atoms with E-state index in [0.29, 0.717) is 12.3 Å². The maximum atomic E-state index is 11.5. The van der Waals surface area contributed by atoms with E-state index in [9.17, 15) is 8.42 Å². The molecular formula is C11H16N4O3S. The lowest BCUT2D eigenvalue weighted by Gasteiger charge is -2.10. The van der Waals surface area contributed by atoms with Crippen LogP contribution in [0.3, 0.4) is 0 Å². The molecule has 0 aliphatic rings. The predicted molar refractivity (Wildman–Crippen MR) is 68.8 cm³/mol. The van der Waals surface area contributed by atoms with Gasteiger partial charge >= 0.3 is 0 Å². The second-order valence-corrected chi connectivity index (χ2v) is 5.88. The second kappa shape index (κ2) is 5.55. The quantitative estimate of drug-likeness (QED) is 0.727. The average molecular weight is 284 g/mol. The number of hydrogen-bond donors (Lipinski definition) is 3. The molecule has 0 saturated heterocycles. The van der Waals surface area contributed by atoms with E-state index in [1.54, 1.807) is 18.5 Å². The van der Waals surface area contributed by atoms with Crippen molar-refractivity contribution < 1.29 is 12.8 Å². The highest BCUT2D eigenvalue weighted by Crippen LogP contribution is 2.15. The first-order valence-corrected chi connectivity index (χ1v) is 7.25. The van der Waals surface area contributed by atoms with Crippen molar-refractivity contribution in [3.05, 3.63) is 35.9 Å². The molecule has 1 unspecified atom stereocenters. The summed E-state index contributed by atoms with van der Waals surface area (Å²) in [6.45, 7) is 2.42. The summed E-state index contributed by atoms with van der Waals surface area (Å²) < 4.78 is 30.5. The van der Waals surface area contributed by atoms with Crippen molar-refractivity contribution in [3.63, 3.8) is 0 Å². The summed E-state index contributed by atoms with van der Waals surface area (Å²) in [7, 11) is -2.17. The van der Waals surface area contributed by atoms with Gasteiger partial charge in [0.1, 0.15) is 5.76 Å². The average Bonchev–Trinajstić information content (AvgIpc) is 3.07. The minimum absolute atomic E-state index is 0.0808. The third-order valence-corrected chi connectivity index (χ3v) is 4.06. The lowest BCUT2D eigenvalue weighted by molar-refractivity contribution is 0.392. The van der Waals surface area contributed by atoms with Crippen LogP contribution in [0.25, 0.3) is 0 Å². The molecule has 3 N–H and O–H groups in total. The number of hydrogen-bond acceptors (Lipinski definition) is 5. The Kier molecular flexibility index (Phi) is 4.03. The lowest BCUT2D eigenvalue weighted by Crippen LogP contribution is -2.18. The van der Waals surface area contributed by atoms with E-state index in [1.165, 1.54) is 13.1 Å². The Bertz CT molecular complexity index is 618. The van der Waals surface area contributed by atoms with Crippen LogP contribution in [-0.2, 0) is 16.6 Å². The van der Waals surface area contributed by atoms with Crippen molar-refractivity contribution >= 4 is 10.0 Å². The van der Waals surface area contributed by atoms with Crippen molar-refractivity contribution in [2.75, 3.05) is 7.05 Å². The van der Waals surface area contributed by atoms with Crippen LogP contribution in [0.4, 0.5) is 0 Å². The largest absolute Gasteiger partial charge is 0.447 e. The lowest BCUT2D eigenvalue weighted by atomic mass is 10.2. The normalized spacial score (nSPS) is 13.6. The van der Waals surface area contributed by atoms with Crippen LogP contribution in [0.2, 0.25) is 0 Å². The van der Waals surface area contributed by atoms with Gasteiger partial charge in [-0.2, -0.15) is 5.10 Å². The second-order valence-electron chi connectivity index (χ2n) is 4.06. The molecule has 1 atom stereocenters. The fourth-order valence-corrected chi connectivity index (χ4v) is 2.23. The molecule has 0 aliphatic carbocycles. The van der Waals surface area contributed by atoms with Crippen molar-refractivity contribution in [1.82, 2.24) is 20.2 Å². The third-order valence-electron chi connectivity index (χ3n) is 2.77. The summed E-state index contributed by atoms with van der Waals surface area (Å²) in [5, 5.41) is 9.74. The van der Waals surface area contributed by atoms with Gasteiger partial charge in [-0.1, -0.05) is 0 Å². The highest BCUT2D eigenvalue weighted by Gasteiger charge is 2.16. The zero-order valence-corrected chi connectivity index (χ0v) is 11.5. The molecule has 0 bridgehead atoms. The molecule has 0 saturated carbocycles. The molecule has 8 heteroatoms. The maximum absolute atomic E-state index is 11.5. The first-order valence-electron chi connectivity index (χ1n) is 5.77. The van der Waals surface area contributed by atoms with Gasteiger partial charge in [-0.05, 0) is 26.1 Å². The van der Waals surface area contributed by atoms with E-state index in [0.717, 1.165) is 5.56 Å². The van der Waals surface area contributed by atoms with Gasteiger partial charge in [-0.3, -0.25) is 5.10 Å². The summed E-state index contributed by atoms with van der Waals surface area (Å²) in [6, 6.07) is 3.17. The van der Waals surface area contributed by atoms with E-state index in [4.69, 9.17) is 4.42 Å². The van der Waals surface area contributed by atoms with E-state index < -0.39 is 10.0 Å². The molecule has 0 amide bonds. The standard InChI is InChI=1S/C11H16N4O3S/c1-8(9-5-14-15-6-9)13-7-10-3-4-11(18-10)19(16,17)12-2/h3-6,8,12-13H,7H2,1-2H3,(H,14,15). The molecule has 2 aromatic rings. The van der Waals surface area contributed by atoms with Crippen LogP contribution in [0.5, 0.6) is 0 Å². The van der Waals surface area contributed by atoms with E-state index in [-0.39, 0.29) is 11.1 Å². The van der Waals surface area contributed by atoms with Crippen LogP contribution in [0, 0.1) is 0 Å². The van der Waals surface area contributed by atoms with Crippen LogP contribution in [-0.4, -0.2) is 25.7 Å². The molecule has 0 spiro atoms. The molecule has 0 aromatic carbocycles. The fraction of sp³-hybridized carbons (Fsp3) is 0.364. The maximum Gasteiger partial charge on any atom is 0.273 e. The first-order chi connectivity index (χ1) is 9.03. The molecule has 7 nitrogen and oxygen atoms in total. The van der Waals surface area contributed by atoms with Crippen LogP contribution < -0.4 is 10.0 Å². The van der Waals surface area contributed by atoms with Gasteiger partial charge in [0.05, 0.1) is 12.7 Å². The Hall–Kier alpha value is -1.64. The topological polar surface area (TPSA) is 100 Å². The number of sulfonamides is 1. The van der Waals surface area contributed by atoms with Gasteiger partial charge in [0.2, 0.25) is 5.09 Å². The molecular weight excluding hydrogens is 268 g/mol. The summed E-state index contributed by atoms with van der Waals surface area (Å²) >= 11 is 0. The Labute approximate surface area is 111 Å². The zero-order chi connectivity index (χ0) is 13.9. The van der Waals surface area contributed by atoms with Crippen molar-refractivity contribution in [3.8, 4) is 0 Å². The predicted octanol–water partition coefficient (Wildman–Crippen LogP) is 0.762. The molecule has 2 heterocycles. The van der Waals surface area contributed by atoms with Gasteiger partial charge in [0.25, 0.3) is 10.0 Å². The van der Waals surface area contributed by atoms with Crippen molar-refractivity contribution in [2.24, 2.45) is 0 Å². The number of H-pyrrole nitrogens is 1. The zero-order valence-electron chi connectivity index (χ0n) is 10.7. The van der Waals surface area contributed by atoms with Crippen molar-refractivity contribution in [1.29, 1.82) is 0 Å². The summed E-state index contributed by atoms with van der Waals surface area (Å²) in [4.78, 5) is 0. The van der Waals surface area contributed by atoms with Gasteiger partial charge in [-0.25, -0.2) is 13.1 Å². The van der Waals surface area contributed by atoms with Gasteiger partial charge < -0.3 is 9.73 Å². The Morgan fingerprint density at radius 2 is 2.26 bits per heavy atom. The SMILES string of the molecule is CNS(=O)(=O)c1ccc(CNC(C)c2cn[nH]c2)o1. The molecule has 0 fully saturated rings. The van der Waals surface area contributed by atoms with Gasteiger partial charge in [0, 0.05) is 17.8 Å². The van der Waals surface area contributed by atoms with E-state index in [2.05, 4.69) is 20.2 Å². The third kappa shape index (κ3) is 3.22. The number of nitrogens with zero attached hydrogens (tertiary/aromatic N) is 1. The van der Waals surface area contributed by atoms with Crippen LogP contribution in [0.1, 0.15) is 24.3 Å². The fourth-order valence-electron chi connectivity index (χ4n) is 1.57. The van der Waals surface area contributed by atoms with Crippen molar-refractivity contribution in [2.45, 2.75) is 24.6 Å². The van der Waals surface area contributed by atoms with Crippen LogP contribution >= 0.6 is 0 Å². The number of aromatic nitrogens is 2. The van der Waals surface area contributed by atoms with Gasteiger partial charge in [0.15, 0.2) is 0 Å². The minimum Gasteiger partial charge on any atom is -0.447 e. The Balaban J connectivity index is 1.98. The van der Waals surface area contributed by atoms with E-state index in [1.807, 2.05) is 6.92 Å². The number of furan rings is 1.